The quantitative estimate of drug-likeness (QED) is 0.746. The standard InChI is InChI=1S/C15H21FN2O3/c1-3-21-15(20)9-11-18(2)10-8-14(19)17-13-7-5-4-6-12(13)16/h4-7H,3,8-11H2,1-2H3,(H,17,19). The molecule has 0 bridgehead atoms. The van der Waals surface area contributed by atoms with E-state index in [1.54, 1.807) is 19.1 Å². The predicted octanol–water partition coefficient (Wildman–Crippen LogP) is 2.04. The summed E-state index contributed by atoms with van der Waals surface area (Å²) in [7, 11) is 1.82. The summed E-state index contributed by atoms with van der Waals surface area (Å²) in [6.07, 6.45) is 0.521. The van der Waals surface area contributed by atoms with E-state index in [4.69, 9.17) is 4.74 Å². The second-order valence-electron chi connectivity index (χ2n) is 4.64. The molecule has 116 valence electrons. The van der Waals surface area contributed by atoms with Crippen molar-refractivity contribution in [2.24, 2.45) is 0 Å². The molecule has 1 rings (SSSR count). The largest absolute Gasteiger partial charge is 0.466 e. The molecule has 5 nitrogen and oxygen atoms in total. The maximum Gasteiger partial charge on any atom is 0.307 e. The van der Waals surface area contributed by atoms with Gasteiger partial charge in [0.25, 0.3) is 0 Å². The summed E-state index contributed by atoms with van der Waals surface area (Å²) in [4.78, 5) is 24.8. The SMILES string of the molecule is CCOC(=O)CCN(C)CCC(=O)Nc1ccccc1F. The summed E-state index contributed by atoms with van der Waals surface area (Å²) in [6.45, 7) is 3.13. The maximum atomic E-state index is 13.4. The second kappa shape index (κ2) is 9.07. The third kappa shape index (κ3) is 6.85. The van der Waals surface area contributed by atoms with E-state index in [1.807, 2.05) is 11.9 Å². The van der Waals surface area contributed by atoms with Crippen LogP contribution in [0.25, 0.3) is 0 Å². The molecule has 0 aromatic heterocycles. The minimum Gasteiger partial charge on any atom is -0.466 e. The first-order chi connectivity index (χ1) is 10.0. The van der Waals surface area contributed by atoms with Crippen molar-refractivity contribution in [3.05, 3.63) is 30.1 Å². The molecule has 0 aliphatic rings. The highest BCUT2D eigenvalue weighted by molar-refractivity contribution is 5.90. The number of rotatable bonds is 8. The fourth-order valence-electron chi connectivity index (χ4n) is 1.69. The zero-order chi connectivity index (χ0) is 15.7. The Morgan fingerprint density at radius 2 is 1.90 bits per heavy atom. The molecule has 0 saturated carbocycles. The van der Waals surface area contributed by atoms with Crippen molar-refractivity contribution in [2.45, 2.75) is 19.8 Å². The van der Waals surface area contributed by atoms with Crippen molar-refractivity contribution >= 4 is 17.6 Å². The Kier molecular flexibility index (Phi) is 7.39. The number of nitrogens with one attached hydrogen (secondary N) is 1. The van der Waals surface area contributed by atoms with Gasteiger partial charge in [-0.05, 0) is 26.1 Å². The molecule has 0 heterocycles. The van der Waals surface area contributed by atoms with Crippen molar-refractivity contribution in [2.75, 3.05) is 32.1 Å². The van der Waals surface area contributed by atoms with E-state index in [0.717, 1.165) is 0 Å². The molecular weight excluding hydrogens is 275 g/mol. The van der Waals surface area contributed by atoms with Crippen LogP contribution in [0.3, 0.4) is 0 Å². The lowest BCUT2D eigenvalue weighted by Crippen LogP contribution is -2.27. The summed E-state index contributed by atoms with van der Waals surface area (Å²) in [6, 6.07) is 6.02. The summed E-state index contributed by atoms with van der Waals surface area (Å²) in [5.41, 5.74) is 0.177. The molecule has 1 amide bonds. The van der Waals surface area contributed by atoms with Gasteiger partial charge in [-0.1, -0.05) is 12.1 Å². The summed E-state index contributed by atoms with van der Waals surface area (Å²) >= 11 is 0. The number of esters is 1. The molecule has 1 aromatic carbocycles. The van der Waals surface area contributed by atoms with E-state index in [-0.39, 0.29) is 24.0 Å². The van der Waals surface area contributed by atoms with Crippen molar-refractivity contribution in [3.8, 4) is 0 Å². The molecule has 21 heavy (non-hydrogen) atoms. The fourth-order valence-corrected chi connectivity index (χ4v) is 1.69. The number of hydrogen-bond donors (Lipinski definition) is 1. The van der Waals surface area contributed by atoms with Gasteiger partial charge < -0.3 is 15.0 Å². The van der Waals surface area contributed by atoms with Crippen LogP contribution >= 0.6 is 0 Å². The number of anilines is 1. The minimum absolute atomic E-state index is 0.177. The third-order valence-corrected chi connectivity index (χ3v) is 2.87. The highest BCUT2D eigenvalue weighted by Crippen LogP contribution is 2.12. The fraction of sp³-hybridized carbons (Fsp3) is 0.467. The van der Waals surface area contributed by atoms with Crippen molar-refractivity contribution in [1.82, 2.24) is 4.90 Å². The number of nitrogens with zero attached hydrogens (tertiary/aromatic N) is 1. The van der Waals surface area contributed by atoms with Crippen LogP contribution < -0.4 is 5.32 Å². The van der Waals surface area contributed by atoms with E-state index in [1.165, 1.54) is 12.1 Å². The number of para-hydroxylation sites is 1. The molecule has 0 aliphatic heterocycles. The number of carbonyl (C=O) groups excluding carboxylic acids is 2. The van der Waals surface area contributed by atoms with Crippen LogP contribution in [0.4, 0.5) is 10.1 Å². The number of ether oxygens (including phenoxy) is 1. The lowest BCUT2D eigenvalue weighted by Gasteiger charge is -2.15. The number of hydrogen-bond acceptors (Lipinski definition) is 4. The molecule has 0 atom stereocenters. The predicted molar refractivity (Wildman–Crippen MR) is 78.4 cm³/mol. The highest BCUT2D eigenvalue weighted by atomic mass is 19.1. The third-order valence-electron chi connectivity index (χ3n) is 2.87. The van der Waals surface area contributed by atoms with Gasteiger partial charge >= 0.3 is 5.97 Å². The summed E-state index contributed by atoms with van der Waals surface area (Å²) < 4.78 is 18.2. The lowest BCUT2D eigenvalue weighted by atomic mass is 10.3. The van der Waals surface area contributed by atoms with Gasteiger partial charge in [0, 0.05) is 19.5 Å². The Bertz CT molecular complexity index is 480. The second-order valence-corrected chi connectivity index (χ2v) is 4.64. The van der Waals surface area contributed by atoms with Gasteiger partial charge in [0.2, 0.25) is 5.91 Å². The van der Waals surface area contributed by atoms with Gasteiger partial charge in [-0.25, -0.2) is 4.39 Å². The van der Waals surface area contributed by atoms with E-state index in [2.05, 4.69) is 5.32 Å². The lowest BCUT2D eigenvalue weighted by molar-refractivity contribution is -0.143. The zero-order valence-corrected chi connectivity index (χ0v) is 12.4. The normalized spacial score (nSPS) is 10.5. The Hall–Kier alpha value is -1.95. The first-order valence-electron chi connectivity index (χ1n) is 6.91. The van der Waals surface area contributed by atoms with E-state index >= 15 is 0 Å². The van der Waals surface area contributed by atoms with Gasteiger partial charge in [0.1, 0.15) is 5.82 Å². The minimum atomic E-state index is -0.457. The van der Waals surface area contributed by atoms with Gasteiger partial charge in [0.15, 0.2) is 0 Å². The van der Waals surface area contributed by atoms with Crippen molar-refractivity contribution in [1.29, 1.82) is 0 Å². The Morgan fingerprint density at radius 1 is 1.24 bits per heavy atom. The van der Waals surface area contributed by atoms with Crippen molar-refractivity contribution in [3.63, 3.8) is 0 Å². The number of halogens is 1. The molecule has 0 fully saturated rings. The number of amides is 1. The van der Waals surface area contributed by atoms with Crippen LogP contribution in [0.2, 0.25) is 0 Å². The molecule has 0 aliphatic carbocycles. The first-order valence-corrected chi connectivity index (χ1v) is 6.91. The molecule has 0 unspecified atom stereocenters. The average molecular weight is 296 g/mol. The van der Waals surface area contributed by atoms with Crippen LogP contribution in [0.1, 0.15) is 19.8 Å². The summed E-state index contributed by atoms with van der Waals surface area (Å²) in [5, 5.41) is 2.52. The van der Waals surface area contributed by atoms with Crippen LogP contribution in [0, 0.1) is 5.82 Å². The molecule has 6 heteroatoms. The smallest absolute Gasteiger partial charge is 0.307 e. The van der Waals surface area contributed by atoms with Crippen LogP contribution in [0.15, 0.2) is 24.3 Å². The zero-order valence-electron chi connectivity index (χ0n) is 12.4. The van der Waals surface area contributed by atoms with Crippen LogP contribution in [-0.2, 0) is 14.3 Å². The molecule has 0 saturated heterocycles. The topological polar surface area (TPSA) is 58.6 Å². The van der Waals surface area contributed by atoms with Gasteiger partial charge in [-0.15, -0.1) is 0 Å². The highest BCUT2D eigenvalue weighted by Gasteiger charge is 2.09. The Morgan fingerprint density at radius 3 is 2.57 bits per heavy atom. The monoisotopic (exact) mass is 296 g/mol. The molecule has 1 aromatic rings. The van der Waals surface area contributed by atoms with E-state index in [9.17, 15) is 14.0 Å². The van der Waals surface area contributed by atoms with Crippen LogP contribution in [0.5, 0.6) is 0 Å². The van der Waals surface area contributed by atoms with E-state index in [0.29, 0.717) is 26.1 Å². The van der Waals surface area contributed by atoms with Gasteiger partial charge in [0.05, 0.1) is 18.7 Å². The van der Waals surface area contributed by atoms with Crippen LogP contribution in [-0.4, -0.2) is 43.5 Å². The maximum absolute atomic E-state index is 13.4. The van der Waals surface area contributed by atoms with Gasteiger partial charge in [-0.3, -0.25) is 9.59 Å². The van der Waals surface area contributed by atoms with Crippen molar-refractivity contribution < 1.29 is 18.7 Å². The molecular formula is C15H21FN2O3. The molecule has 1 N–H and O–H groups in total. The Labute approximate surface area is 124 Å². The summed E-state index contributed by atoms with van der Waals surface area (Å²) in [5.74, 6) is -0.968. The number of carbonyl (C=O) groups is 2. The Balaban J connectivity index is 2.26. The average Bonchev–Trinajstić information content (AvgIpc) is 2.46. The van der Waals surface area contributed by atoms with Gasteiger partial charge in [-0.2, -0.15) is 0 Å². The number of benzene rings is 1. The molecule has 0 spiro atoms. The van der Waals surface area contributed by atoms with E-state index < -0.39 is 5.82 Å². The molecule has 0 radical (unpaired) electrons. The first kappa shape index (κ1) is 17.1.